The van der Waals surface area contributed by atoms with E-state index in [0.717, 1.165) is 18.5 Å². The van der Waals surface area contributed by atoms with Crippen molar-refractivity contribution in [2.24, 2.45) is 5.73 Å². The van der Waals surface area contributed by atoms with Gasteiger partial charge in [-0.05, 0) is 18.1 Å². The summed E-state index contributed by atoms with van der Waals surface area (Å²) < 4.78 is 5.12. The van der Waals surface area contributed by atoms with Crippen LogP contribution in [0.15, 0.2) is 18.3 Å². The van der Waals surface area contributed by atoms with Gasteiger partial charge in [-0.15, -0.1) is 0 Å². The minimum atomic E-state index is -0.462. The molecule has 2 atom stereocenters. The second-order valence-corrected chi connectivity index (χ2v) is 4.30. The standard InChI is InChI=1S/C12H17N3O2/c1-17-7-9-5-8(6-15-9)10-3-2-4-14-11(10)12(13)16/h2-4,8-9,15H,5-7H2,1H3,(H2,13,16)/t8-,9+/m0/s1. The monoisotopic (exact) mass is 235 g/mol. The van der Waals surface area contributed by atoms with Crippen molar-refractivity contribution in [1.29, 1.82) is 0 Å². The largest absolute Gasteiger partial charge is 0.383 e. The summed E-state index contributed by atoms with van der Waals surface area (Å²) in [5, 5.41) is 3.37. The van der Waals surface area contributed by atoms with E-state index in [1.165, 1.54) is 0 Å². The lowest BCUT2D eigenvalue weighted by atomic mass is 9.95. The van der Waals surface area contributed by atoms with Gasteiger partial charge in [0.15, 0.2) is 0 Å². The Bertz CT molecular complexity index is 408. The molecule has 5 nitrogen and oxygen atoms in total. The van der Waals surface area contributed by atoms with Gasteiger partial charge in [0.2, 0.25) is 0 Å². The van der Waals surface area contributed by atoms with E-state index < -0.39 is 5.91 Å². The molecule has 17 heavy (non-hydrogen) atoms. The van der Waals surface area contributed by atoms with E-state index in [1.807, 2.05) is 12.1 Å². The summed E-state index contributed by atoms with van der Waals surface area (Å²) in [6.45, 7) is 1.52. The highest BCUT2D eigenvalue weighted by molar-refractivity contribution is 5.92. The fourth-order valence-corrected chi connectivity index (χ4v) is 2.34. The Hall–Kier alpha value is -1.46. The highest BCUT2D eigenvalue weighted by atomic mass is 16.5. The van der Waals surface area contributed by atoms with Crippen molar-refractivity contribution >= 4 is 5.91 Å². The molecule has 0 radical (unpaired) electrons. The molecule has 1 aromatic heterocycles. The third-order valence-electron chi connectivity index (χ3n) is 3.10. The summed E-state index contributed by atoms with van der Waals surface area (Å²) in [7, 11) is 1.69. The first-order valence-corrected chi connectivity index (χ1v) is 5.69. The van der Waals surface area contributed by atoms with Gasteiger partial charge in [-0.3, -0.25) is 9.78 Å². The predicted molar refractivity (Wildman–Crippen MR) is 63.8 cm³/mol. The first-order valence-electron chi connectivity index (χ1n) is 5.69. The van der Waals surface area contributed by atoms with Crippen LogP contribution in [0.3, 0.4) is 0 Å². The topological polar surface area (TPSA) is 77.2 Å². The number of carbonyl (C=O) groups excluding carboxylic acids is 1. The van der Waals surface area contributed by atoms with Gasteiger partial charge in [-0.2, -0.15) is 0 Å². The number of hydrogen-bond donors (Lipinski definition) is 2. The number of ether oxygens (including phenoxy) is 1. The number of aromatic nitrogens is 1. The molecule has 3 N–H and O–H groups in total. The Morgan fingerprint density at radius 2 is 2.53 bits per heavy atom. The zero-order valence-corrected chi connectivity index (χ0v) is 9.85. The van der Waals surface area contributed by atoms with Crippen molar-refractivity contribution in [1.82, 2.24) is 10.3 Å². The summed E-state index contributed by atoms with van der Waals surface area (Å²) in [5.74, 6) is -0.179. The number of nitrogens with zero attached hydrogens (tertiary/aromatic N) is 1. The van der Waals surface area contributed by atoms with Gasteiger partial charge in [0.05, 0.1) is 6.61 Å². The molecule has 0 saturated carbocycles. The van der Waals surface area contributed by atoms with Crippen LogP contribution >= 0.6 is 0 Å². The SMILES string of the molecule is COC[C@H]1C[C@H](c2cccnc2C(N)=O)CN1. The zero-order valence-electron chi connectivity index (χ0n) is 9.85. The number of rotatable bonds is 4. The van der Waals surface area contributed by atoms with E-state index in [-0.39, 0.29) is 5.92 Å². The van der Waals surface area contributed by atoms with Gasteiger partial charge in [0.25, 0.3) is 5.91 Å². The van der Waals surface area contributed by atoms with E-state index >= 15 is 0 Å². The number of methoxy groups -OCH3 is 1. The summed E-state index contributed by atoms with van der Waals surface area (Å²) in [6.07, 6.45) is 2.54. The van der Waals surface area contributed by atoms with Crippen LogP contribution < -0.4 is 11.1 Å². The van der Waals surface area contributed by atoms with Crippen molar-refractivity contribution in [3.8, 4) is 0 Å². The van der Waals surface area contributed by atoms with Crippen molar-refractivity contribution in [2.45, 2.75) is 18.4 Å². The average molecular weight is 235 g/mol. The Labute approximate surface area is 100 Å². The van der Waals surface area contributed by atoms with Gasteiger partial charge >= 0.3 is 0 Å². The van der Waals surface area contributed by atoms with E-state index in [2.05, 4.69) is 10.3 Å². The van der Waals surface area contributed by atoms with Crippen LogP contribution in [0.2, 0.25) is 0 Å². The maximum absolute atomic E-state index is 11.3. The van der Waals surface area contributed by atoms with Gasteiger partial charge < -0.3 is 15.8 Å². The van der Waals surface area contributed by atoms with Crippen molar-refractivity contribution in [2.75, 3.05) is 20.3 Å². The Kier molecular flexibility index (Phi) is 3.71. The molecule has 1 aliphatic rings. The number of hydrogen-bond acceptors (Lipinski definition) is 4. The Morgan fingerprint density at radius 3 is 3.24 bits per heavy atom. The molecule has 1 saturated heterocycles. The average Bonchev–Trinajstić information content (AvgIpc) is 2.78. The Balaban J connectivity index is 2.16. The van der Waals surface area contributed by atoms with E-state index in [9.17, 15) is 4.79 Å². The highest BCUT2D eigenvalue weighted by Gasteiger charge is 2.28. The summed E-state index contributed by atoms with van der Waals surface area (Å²) in [5.41, 5.74) is 6.65. The molecule has 1 aromatic rings. The molecule has 0 aliphatic carbocycles. The van der Waals surface area contributed by atoms with Crippen LogP contribution in [0, 0.1) is 0 Å². The second kappa shape index (κ2) is 5.25. The molecule has 1 fully saturated rings. The molecule has 2 rings (SSSR count). The third-order valence-corrected chi connectivity index (χ3v) is 3.10. The smallest absolute Gasteiger partial charge is 0.267 e. The van der Waals surface area contributed by atoms with Crippen molar-refractivity contribution in [3.63, 3.8) is 0 Å². The third kappa shape index (κ3) is 2.62. The maximum atomic E-state index is 11.3. The zero-order chi connectivity index (χ0) is 12.3. The lowest BCUT2D eigenvalue weighted by Crippen LogP contribution is -2.25. The number of nitrogens with one attached hydrogen (secondary N) is 1. The van der Waals surface area contributed by atoms with Crippen molar-refractivity contribution < 1.29 is 9.53 Å². The van der Waals surface area contributed by atoms with E-state index in [1.54, 1.807) is 13.3 Å². The fraction of sp³-hybridized carbons (Fsp3) is 0.500. The molecule has 2 heterocycles. The molecule has 92 valence electrons. The minimum Gasteiger partial charge on any atom is -0.383 e. The normalized spacial score (nSPS) is 23.8. The van der Waals surface area contributed by atoms with E-state index in [0.29, 0.717) is 18.3 Å². The number of nitrogens with two attached hydrogens (primary N) is 1. The summed E-state index contributed by atoms with van der Waals surface area (Å²) >= 11 is 0. The van der Waals surface area contributed by atoms with Crippen LogP contribution in [0.1, 0.15) is 28.4 Å². The molecule has 0 spiro atoms. The molecule has 1 aliphatic heterocycles. The summed E-state index contributed by atoms with van der Waals surface area (Å²) in [6, 6.07) is 4.10. The number of carbonyl (C=O) groups is 1. The molecule has 0 bridgehead atoms. The van der Waals surface area contributed by atoms with Crippen LogP contribution in [-0.4, -0.2) is 37.2 Å². The Morgan fingerprint density at radius 1 is 1.71 bits per heavy atom. The van der Waals surface area contributed by atoms with Crippen LogP contribution in [0.5, 0.6) is 0 Å². The van der Waals surface area contributed by atoms with Gasteiger partial charge in [-0.1, -0.05) is 6.07 Å². The molecule has 5 heteroatoms. The van der Waals surface area contributed by atoms with E-state index in [4.69, 9.17) is 10.5 Å². The second-order valence-electron chi connectivity index (χ2n) is 4.30. The van der Waals surface area contributed by atoms with Gasteiger partial charge in [-0.25, -0.2) is 0 Å². The number of pyridine rings is 1. The van der Waals surface area contributed by atoms with Crippen LogP contribution in [0.4, 0.5) is 0 Å². The number of amides is 1. The minimum absolute atomic E-state index is 0.284. The van der Waals surface area contributed by atoms with Crippen molar-refractivity contribution in [3.05, 3.63) is 29.6 Å². The maximum Gasteiger partial charge on any atom is 0.267 e. The molecule has 0 unspecified atom stereocenters. The first-order chi connectivity index (χ1) is 8.22. The highest BCUT2D eigenvalue weighted by Crippen LogP contribution is 2.27. The van der Waals surface area contributed by atoms with Gasteiger partial charge in [0, 0.05) is 31.8 Å². The lowest BCUT2D eigenvalue weighted by molar-refractivity contribution is 0.0994. The molecule has 0 aromatic carbocycles. The molecule has 1 amide bonds. The lowest BCUT2D eigenvalue weighted by Gasteiger charge is -2.12. The quantitative estimate of drug-likeness (QED) is 0.785. The summed E-state index contributed by atoms with van der Waals surface area (Å²) in [4.78, 5) is 15.4. The van der Waals surface area contributed by atoms with Crippen LogP contribution in [-0.2, 0) is 4.74 Å². The van der Waals surface area contributed by atoms with Crippen LogP contribution in [0.25, 0.3) is 0 Å². The van der Waals surface area contributed by atoms with Gasteiger partial charge in [0.1, 0.15) is 5.69 Å². The first kappa shape index (κ1) is 12.0. The molecular weight excluding hydrogens is 218 g/mol. The number of primary amides is 1. The predicted octanol–water partition coefficient (Wildman–Crippen LogP) is 0.272. The fourth-order valence-electron chi connectivity index (χ4n) is 2.34. The molecular formula is C12H17N3O2.